The summed E-state index contributed by atoms with van der Waals surface area (Å²) in [6.07, 6.45) is 11.4. The van der Waals surface area contributed by atoms with E-state index in [2.05, 4.69) is 0 Å². The van der Waals surface area contributed by atoms with Crippen molar-refractivity contribution in [2.45, 2.75) is 146 Å². The quantitative estimate of drug-likeness (QED) is 0.0840. The number of alkyl halides is 10. The smallest absolute Gasteiger partial charge is 0.351 e. The average molecular weight is 619 g/mol. The van der Waals surface area contributed by atoms with Crippen LogP contribution in [0.15, 0.2) is 0 Å². The maximum Gasteiger partial charge on any atom is 0.392 e. The monoisotopic (exact) mass is 618 g/mol. The van der Waals surface area contributed by atoms with E-state index in [0.29, 0.717) is 25.7 Å². The molecule has 0 aliphatic heterocycles. The molecule has 0 bridgehead atoms. The van der Waals surface area contributed by atoms with Crippen molar-refractivity contribution in [3.05, 3.63) is 0 Å². The zero-order chi connectivity index (χ0) is 31.8. The molecule has 41 heavy (non-hydrogen) atoms. The number of carbonyl (C=O) groups is 2. The molecule has 4 nitrogen and oxygen atoms in total. The summed E-state index contributed by atoms with van der Waals surface area (Å²) >= 11 is 0. The molecule has 0 aromatic carbocycles. The standard InChI is InChI=1S/C27H44F10N2O2/c1-3-5-7-9-11-13-15-17-19-38-21(40)23(28,29)25(32,33)27(36,37)26(34,35)24(30,31)22(41)39-20-18-16-14-12-10-8-6-4-2/h3-20H2,1-2H3,(H,38,40)(H,39,41). The zero-order valence-electron chi connectivity index (χ0n) is 23.8. The molecule has 0 aliphatic carbocycles. The number of hydrogen-bond donors (Lipinski definition) is 2. The van der Waals surface area contributed by atoms with E-state index in [9.17, 15) is 53.5 Å². The molecule has 0 aromatic rings. The lowest BCUT2D eigenvalue weighted by molar-refractivity contribution is -0.387. The van der Waals surface area contributed by atoms with Gasteiger partial charge in [0.2, 0.25) is 0 Å². The Hall–Kier alpha value is -1.76. The highest BCUT2D eigenvalue weighted by atomic mass is 19.4. The molecular weight excluding hydrogens is 574 g/mol. The Morgan fingerprint density at radius 2 is 0.659 bits per heavy atom. The van der Waals surface area contributed by atoms with E-state index in [-0.39, 0.29) is 12.8 Å². The van der Waals surface area contributed by atoms with Crippen molar-refractivity contribution in [1.29, 1.82) is 0 Å². The zero-order valence-corrected chi connectivity index (χ0v) is 23.8. The summed E-state index contributed by atoms with van der Waals surface area (Å²) in [5.41, 5.74) is 0. The van der Waals surface area contributed by atoms with Gasteiger partial charge in [-0.05, 0) is 12.8 Å². The molecular formula is C27H44F10N2O2. The Balaban J connectivity index is 5.06. The van der Waals surface area contributed by atoms with Gasteiger partial charge in [0.1, 0.15) is 0 Å². The molecule has 0 saturated carbocycles. The summed E-state index contributed by atoms with van der Waals surface area (Å²) in [6.45, 7) is 2.72. The average Bonchev–Trinajstić information content (AvgIpc) is 2.90. The van der Waals surface area contributed by atoms with Crippen LogP contribution >= 0.6 is 0 Å². The van der Waals surface area contributed by atoms with Crippen LogP contribution in [0.1, 0.15) is 117 Å². The Morgan fingerprint density at radius 1 is 0.415 bits per heavy atom. The molecule has 0 radical (unpaired) electrons. The highest BCUT2D eigenvalue weighted by molar-refractivity contribution is 5.86. The number of halogens is 10. The van der Waals surface area contributed by atoms with E-state index in [1.54, 1.807) is 0 Å². The molecule has 0 heterocycles. The molecule has 2 N–H and O–H groups in total. The molecule has 14 heteroatoms. The van der Waals surface area contributed by atoms with Gasteiger partial charge >= 0.3 is 29.6 Å². The number of rotatable bonds is 24. The van der Waals surface area contributed by atoms with Crippen LogP contribution in [0.4, 0.5) is 43.9 Å². The van der Waals surface area contributed by atoms with E-state index >= 15 is 0 Å². The fourth-order valence-electron chi connectivity index (χ4n) is 4.02. The van der Waals surface area contributed by atoms with Gasteiger partial charge in [-0.25, -0.2) is 0 Å². The van der Waals surface area contributed by atoms with Gasteiger partial charge in [0.05, 0.1) is 0 Å². The van der Waals surface area contributed by atoms with E-state index in [1.807, 2.05) is 13.8 Å². The van der Waals surface area contributed by atoms with Crippen LogP contribution < -0.4 is 10.6 Å². The van der Waals surface area contributed by atoms with Gasteiger partial charge in [0, 0.05) is 13.1 Å². The molecule has 0 atom stereocenters. The molecule has 0 rings (SSSR count). The van der Waals surface area contributed by atoms with Crippen LogP contribution in [0.25, 0.3) is 0 Å². The Kier molecular flexibility index (Phi) is 17.3. The van der Waals surface area contributed by atoms with Crippen LogP contribution in [-0.2, 0) is 9.59 Å². The minimum Gasteiger partial charge on any atom is -0.351 e. The summed E-state index contributed by atoms with van der Waals surface area (Å²) in [5, 5.41) is 2.54. The van der Waals surface area contributed by atoms with E-state index in [4.69, 9.17) is 0 Å². The second-order valence-electron chi connectivity index (χ2n) is 10.3. The third kappa shape index (κ3) is 10.8. The molecule has 0 aromatic heterocycles. The predicted molar refractivity (Wildman–Crippen MR) is 136 cm³/mol. The van der Waals surface area contributed by atoms with Crippen LogP contribution in [0.5, 0.6) is 0 Å². The number of carbonyl (C=O) groups excluding carboxylic acids is 2. The van der Waals surface area contributed by atoms with E-state index in [0.717, 1.165) is 64.2 Å². The van der Waals surface area contributed by atoms with Gasteiger partial charge in [-0.2, -0.15) is 43.9 Å². The lowest BCUT2D eigenvalue weighted by atomic mass is 9.93. The summed E-state index contributed by atoms with van der Waals surface area (Å²) < 4.78 is 141. The fourth-order valence-corrected chi connectivity index (χ4v) is 4.02. The van der Waals surface area contributed by atoms with Crippen molar-refractivity contribution in [2.24, 2.45) is 0 Å². The highest BCUT2D eigenvalue weighted by Crippen LogP contribution is 2.57. The van der Waals surface area contributed by atoms with Crippen molar-refractivity contribution in [3.8, 4) is 0 Å². The van der Waals surface area contributed by atoms with Gasteiger partial charge in [0.25, 0.3) is 11.8 Å². The van der Waals surface area contributed by atoms with Gasteiger partial charge in [0.15, 0.2) is 0 Å². The maximum atomic E-state index is 14.1. The van der Waals surface area contributed by atoms with E-state index < -0.39 is 54.5 Å². The van der Waals surface area contributed by atoms with Gasteiger partial charge in [-0.15, -0.1) is 0 Å². The predicted octanol–water partition coefficient (Wildman–Crippen LogP) is 8.68. The molecule has 0 fully saturated rings. The first-order valence-corrected chi connectivity index (χ1v) is 14.4. The Bertz CT molecular complexity index is 704. The largest absolute Gasteiger partial charge is 0.392 e. The van der Waals surface area contributed by atoms with Crippen LogP contribution in [0, 0.1) is 0 Å². The molecule has 2 amide bonds. The first kappa shape index (κ1) is 39.2. The van der Waals surface area contributed by atoms with Gasteiger partial charge < -0.3 is 10.6 Å². The summed E-state index contributed by atoms with van der Waals surface area (Å²) in [5.74, 6) is -41.1. The molecule has 0 saturated heterocycles. The van der Waals surface area contributed by atoms with Crippen molar-refractivity contribution in [1.82, 2.24) is 10.6 Å². The summed E-state index contributed by atoms with van der Waals surface area (Å²) in [4.78, 5) is 23.2. The van der Waals surface area contributed by atoms with Gasteiger partial charge in [-0.3, -0.25) is 9.59 Å². The van der Waals surface area contributed by atoms with Crippen molar-refractivity contribution < 1.29 is 53.5 Å². The molecule has 0 aliphatic rings. The minimum atomic E-state index is -7.49. The number of hydrogen-bond acceptors (Lipinski definition) is 2. The Morgan fingerprint density at radius 3 is 0.927 bits per heavy atom. The third-order valence-corrected chi connectivity index (χ3v) is 6.78. The Labute approximate surface area is 235 Å². The van der Waals surface area contributed by atoms with Gasteiger partial charge in [-0.1, -0.05) is 104 Å². The molecule has 0 unspecified atom stereocenters. The highest BCUT2D eigenvalue weighted by Gasteiger charge is 2.88. The third-order valence-electron chi connectivity index (χ3n) is 6.78. The van der Waals surface area contributed by atoms with Crippen LogP contribution in [0.3, 0.4) is 0 Å². The molecule has 0 spiro atoms. The van der Waals surface area contributed by atoms with Crippen LogP contribution in [-0.4, -0.2) is 54.5 Å². The summed E-state index contributed by atoms with van der Waals surface area (Å²) in [7, 11) is 0. The van der Waals surface area contributed by atoms with Crippen molar-refractivity contribution >= 4 is 11.8 Å². The molecule has 244 valence electrons. The maximum absolute atomic E-state index is 14.1. The second-order valence-corrected chi connectivity index (χ2v) is 10.3. The number of amides is 2. The normalized spacial score (nSPS) is 13.4. The minimum absolute atomic E-state index is 0.00478. The van der Waals surface area contributed by atoms with Crippen molar-refractivity contribution in [3.63, 3.8) is 0 Å². The van der Waals surface area contributed by atoms with Crippen molar-refractivity contribution in [2.75, 3.05) is 13.1 Å². The van der Waals surface area contributed by atoms with E-state index in [1.165, 1.54) is 10.6 Å². The second kappa shape index (κ2) is 18.0. The first-order valence-electron chi connectivity index (χ1n) is 14.4. The SMILES string of the molecule is CCCCCCCCCCNC(=O)C(F)(F)C(F)(F)C(F)(F)C(F)(F)C(F)(F)C(=O)NCCCCCCCCCC. The topological polar surface area (TPSA) is 58.2 Å². The lowest BCUT2D eigenvalue weighted by Crippen LogP contribution is -2.71. The van der Waals surface area contributed by atoms with Crippen LogP contribution in [0.2, 0.25) is 0 Å². The fraction of sp³-hybridized carbons (Fsp3) is 0.926. The lowest BCUT2D eigenvalue weighted by Gasteiger charge is -2.38. The number of nitrogens with one attached hydrogen (secondary N) is 2. The number of unbranched alkanes of at least 4 members (excludes halogenated alkanes) is 14. The summed E-state index contributed by atoms with van der Waals surface area (Å²) in [6, 6.07) is 0. The first-order chi connectivity index (χ1) is 19.0.